The van der Waals surface area contributed by atoms with Gasteiger partial charge < -0.3 is 10.6 Å². The number of carbonyl (C=O) groups excluding carboxylic acids is 1. The molecule has 1 unspecified atom stereocenters. The predicted octanol–water partition coefficient (Wildman–Crippen LogP) is 2.28. The zero-order chi connectivity index (χ0) is 13.4. The number of benzene rings is 1. The molecule has 5 heteroatoms. The van der Waals surface area contributed by atoms with E-state index in [2.05, 4.69) is 4.98 Å². The van der Waals surface area contributed by atoms with E-state index >= 15 is 0 Å². The van der Waals surface area contributed by atoms with Gasteiger partial charge in [-0.15, -0.1) is 0 Å². The number of aromatic nitrogens is 1. The van der Waals surface area contributed by atoms with Gasteiger partial charge in [0.05, 0.1) is 6.54 Å². The molecule has 1 aromatic heterocycles. The van der Waals surface area contributed by atoms with E-state index in [9.17, 15) is 4.79 Å². The molecule has 3 rings (SSSR count). The minimum atomic E-state index is -0.634. The van der Waals surface area contributed by atoms with Crippen LogP contribution in [0.5, 0.6) is 0 Å². The average Bonchev–Trinajstić information content (AvgIpc) is 2.65. The van der Waals surface area contributed by atoms with Crippen LogP contribution in [0.25, 0.3) is 0 Å². The third kappa shape index (κ3) is 2.09. The third-order valence-electron chi connectivity index (χ3n) is 3.21. The highest BCUT2D eigenvalue weighted by molar-refractivity contribution is 6.31. The van der Waals surface area contributed by atoms with Crippen LogP contribution in [0, 0.1) is 0 Å². The Morgan fingerprint density at radius 1 is 1.37 bits per heavy atom. The van der Waals surface area contributed by atoms with E-state index < -0.39 is 6.04 Å². The van der Waals surface area contributed by atoms with Crippen LogP contribution < -0.4 is 10.6 Å². The first-order valence-corrected chi connectivity index (χ1v) is 6.30. The number of anilines is 1. The van der Waals surface area contributed by atoms with Crippen molar-refractivity contribution in [2.75, 3.05) is 4.90 Å². The lowest BCUT2D eigenvalue weighted by molar-refractivity contribution is -0.119. The maximum atomic E-state index is 12.2. The normalized spacial score (nSPS) is 17.7. The first-order chi connectivity index (χ1) is 9.16. The van der Waals surface area contributed by atoms with E-state index in [4.69, 9.17) is 17.3 Å². The summed E-state index contributed by atoms with van der Waals surface area (Å²) in [5.74, 6) is -0.110. The van der Waals surface area contributed by atoms with Gasteiger partial charge in [0, 0.05) is 28.7 Å². The topological polar surface area (TPSA) is 59.2 Å². The fraction of sp³-hybridized carbons (Fsp3) is 0.143. The molecular formula is C14H12ClN3O. The molecule has 0 saturated carbocycles. The van der Waals surface area contributed by atoms with Gasteiger partial charge in [0.2, 0.25) is 5.91 Å². The van der Waals surface area contributed by atoms with Gasteiger partial charge in [0.25, 0.3) is 0 Å². The van der Waals surface area contributed by atoms with E-state index in [-0.39, 0.29) is 5.91 Å². The van der Waals surface area contributed by atoms with Crippen LogP contribution in [0.1, 0.15) is 17.2 Å². The highest BCUT2D eigenvalue weighted by atomic mass is 35.5. The second-order valence-corrected chi connectivity index (χ2v) is 4.90. The minimum absolute atomic E-state index is 0.110. The number of hydrogen-bond donors (Lipinski definition) is 1. The number of halogens is 1. The summed E-state index contributed by atoms with van der Waals surface area (Å²) < 4.78 is 0. The fourth-order valence-corrected chi connectivity index (χ4v) is 2.46. The molecule has 0 bridgehead atoms. The van der Waals surface area contributed by atoms with Gasteiger partial charge in [-0.25, -0.2) is 0 Å². The molecule has 0 spiro atoms. The fourth-order valence-electron chi connectivity index (χ4n) is 2.28. The van der Waals surface area contributed by atoms with Crippen molar-refractivity contribution in [1.29, 1.82) is 0 Å². The quantitative estimate of drug-likeness (QED) is 0.913. The van der Waals surface area contributed by atoms with Crippen molar-refractivity contribution in [3.8, 4) is 0 Å². The second kappa shape index (κ2) is 4.64. The molecule has 1 aliphatic heterocycles. The van der Waals surface area contributed by atoms with Crippen LogP contribution in [0.4, 0.5) is 5.69 Å². The second-order valence-electron chi connectivity index (χ2n) is 4.47. The smallest absolute Gasteiger partial charge is 0.248 e. The van der Waals surface area contributed by atoms with Crippen LogP contribution in [-0.2, 0) is 11.3 Å². The standard InChI is InChI=1S/C14H12ClN3O/c15-10-3-4-12-11(6-10)13(16)14(19)18(12)8-9-2-1-5-17-7-9/h1-7,13H,8,16H2. The van der Waals surface area contributed by atoms with Gasteiger partial charge >= 0.3 is 0 Å². The molecular weight excluding hydrogens is 262 g/mol. The van der Waals surface area contributed by atoms with Crippen molar-refractivity contribution in [2.24, 2.45) is 5.73 Å². The van der Waals surface area contributed by atoms with E-state index in [0.29, 0.717) is 11.6 Å². The molecule has 2 N–H and O–H groups in total. The Bertz CT molecular complexity index is 630. The van der Waals surface area contributed by atoms with Crippen molar-refractivity contribution in [3.05, 3.63) is 58.9 Å². The number of pyridine rings is 1. The Labute approximate surface area is 115 Å². The lowest BCUT2D eigenvalue weighted by Crippen LogP contribution is -2.31. The molecule has 96 valence electrons. The van der Waals surface area contributed by atoms with Crippen molar-refractivity contribution >= 4 is 23.2 Å². The molecule has 4 nitrogen and oxygen atoms in total. The summed E-state index contributed by atoms with van der Waals surface area (Å²) in [6.45, 7) is 0.467. The Balaban J connectivity index is 1.98. The van der Waals surface area contributed by atoms with Gasteiger partial charge in [-0.2, -0.15) is 0 Å². The summed E-state index contributed by atoms with van der Waals surface area (Å²) in [6, 6.07) is 8.49. The van der Waals surface area contributed by atoms with Crippen LogP contribution in [0.15, 0.2) is 42.7 Å². The molecule has 0 radical (unpaired) electrons. The molecule has 0 fully saturated rings. The van der Waals surface area contributed by atoms with Gasteiger partial charge in [-0.3, -0.25) is 9.78 Å². The number of fused-ring (bicyclic) bond motifs is 1. The zero-order valence-corrected chi connectivity index (χ0v) is 10.8. The first kappa shape index (κ1) is 12.1. The highest BCUT2D eigenvalue weighted by Crippen LogP contribution is 2.37. The van der Waals surface area contributed by atoms with Gasteiger partial charge in [-0.1, -0.05) is 17.7 Å². The molecule has 2 aromatic rings. The van der Waals surface area contributed by atoms with Gasteiger partial charge in [0.15, 0.2) is 0 Å². The van der Waals surface area contributed by atoms with Crippen LogP contribution in [0.3, 0.4) is 0 Å². The lowest BCUT2D eigenvalue weighted by atomic mass is 10.1. The number of rotatable bonds is 2. The van der Waals surface area contributed by atoms with E-state index in [1.807, 2.05) is 18.2 Å². The van der Waals surface area contributed by atoms with Crippen molar-refractivity contribution in [2.45, 2.75) is 12.6 Å². The van der Waals surface area contributed by atoms with Crippen LogP contribution in [-0.4, -0.2) is 10.9 Å². The Hall–Kier alpha value is -1.91. The molecule has 0 aliphatic carbocycles. The Kier molecular flexibility index (Phi) is 2.97. The maximum absolute atomic E-state index is 12.2. The molecule has 1 aliphatic rings. The summed E-state index contributed by atoms with van der Waals surface area (Å²) in [4.78, 5) is 17.9. The molecule has 1 aromatic carbocycles. The number of carbonyl (C=O) groups is 1. The van der Waals surface area contributed by atoms with Gasteiger partial charge in [0.1, 0.15) is 6.04 Å². The number of amides is 1. The maximum Gasteiger partial charge on any atom is 0.248 e. The lowest BCUT2D eigenvalue weighted by Gasteiger charge is -2.17. The van der Waals surface area contributed by atoms with Crippen LogP contribution in [0.2, 0.25) is 5.02 Å². The number of nitrogens with two attached hydrogens (primary N) is 1. The molecule has 1 amide bonds. The largest absolute Gasteiger partial charge is 0.316 e. The highest BCUT2D eigenvalue weighted by Gasteiger charge is 2.34. The molecule has 1 atom stereocenters. The number of hydrogen-bond acceptors (Lipinski definition) is 3. The van der Waals surface area contributed by atoms with Crippen LogP contribution >= 0.6 is 11.6 Å². The van der Waals surface area contributed by atoms with Crippen molar-refractivity contribution in [1.82, 2.24) is 4.98 Å². The van der Waals surface area contributed by atoms with Crippen molar-refractivity contribution in [3.63, 3.8) is 0 Å². The molecule has 19 heavy (non-hydrogen) atoms. The monoisotopic (exact) mass is 273 g/mol. The van der Waals surface area contributed by atoms with Gasteiger partial charge in [-0.05, 0) is 29.8 Å². The molecule has 0 saturated heterocycles. The first-order valence-electron chi connectivity index (χ1n) is 5.92. The zero-order valence-electron chi connectivity index (χ0n) is 10.1. The SMILES string of the molecule is NC1C(=O)N(Cc2cccnc2)c2ccc(Cl)cc21. The average molecular weight is 274 g/mol. The Morgan fingerprint density at radius 3 is 2.95 bits per heavy atom. The van der Waals surface area contributed by atoms with Crippen molar-refractivity contribution < 1.29 is 4.79 Å². The minimum Gasteiger partial charge on any atom is -0.316 e. The third-order valence-corrected chi connectivity index (χ3v) is 3.45. The van der Waals surface area contributed by atoms with E-state index in [1.165, 1.54) is 0 Å². The van der Waals surface area contributed by atoms with E-state index in [1.54, 1.807) is 29.4 Å². The number of nitrogens with zero attached hydrogens (tertiary/aromatic N) is 2. The summed E-state index contributed by atoms with van der Waals surface area (Å²) in [6.07, 6.45) is 3.45. The summed E-state index contributed by atoms with van der Waals surface area (Å²) in [5, 5.41) is 0.588. The predicted molar refractivity (Wildman–Crippen MR) is 73.8 cm³/mol. The Morgan fingerprint density at radius 2 is 2.21 bits per heavy atom. The summed E-state index contributed by atoms with van der Waals surface area (Å²) in [7, 11) is 0. The molecule has 2 heterocycles. The summed E-state index contributed by atoms with van der Waals surface area (Å²) >= 11 is 5.95. The van der Waals surface area contributed by atoms with E-state index in [0.717, 1.165) is 16.8 Å². The summed E-state index contributed by atoms with van der Waals surface area (Å²) in [5.41, 5.74) is 8.50.